The Labute approximate surface area is 274 Å². The van der Waals surface area contributed by atoms with Gasteiger partial charge < -0.3 is 4.90 Å². The van der Waals surface area contributed by atoms with Crippen LogP contribution >= 0.6 is 0 Å². The SMILES string of the molecule is CC1(C)c2ccccc2N(c2ccccc2)c2ccc3c4ncccc4n(-c4cc(-c5ccccc5)cc(-c5ccccc5)n4)c3c21. The number of fused-ring (bicyclic) bond motifs is 6. The van der Waals surface area contributed by atoms with Gasteiger partial charge in [-0.25, -0.2) is 4.98 Å². The van der Waals surface area contributed by atoms with Crippen LogP contribution in [0.15, 0.2) is 158 Å². The third kappa shape index (κ3) is 4.22. The maximum Gasteiger partial charge on any atom is 0.138 e. The van der Waals surface area contributed by atoms with Crippen LogP contribution in [0.3, 0.4) is 0 Å². The first-order valence-corrected chi connectivity index (χ1v) is 16.1. The lowest BCUT2D eigenvalue weighted by Gasteiger charge is -2.42. The minimum absolute atomic E-state index is 0.317. The predicted molar refractivity (Wildman–Crippen MR) is 194 cm³/mol. The molecule has 1 aliphatic heterocycles. The molecule has 4 heterocycles. The van der Waals surface area contributed by atoms with Crippen molar-refractivity contribution < 1.29 is 0 Å². The van der Waals surface area contributed by atoms with Gasteiger partial charge in [0.05, 0.1) is 33.6 Å². The van der Waals surface area contributed by atoms with E-state index in [1.165, 1.54) is 22.5 Å². The van der Waals surface area contributed by atoms with E-state index in [2.05, 4.69) is 169 Å². The molecule has 9 rings (SSSR count). The lowest BCUT2D eigenvalue weighted by atomic mass is 9.72. The number of nitrogens with zero attached hydrogens (tertiary/aromatic N) is 4. The highest BCUT2D eigenvalue weighted by Gasteiger charge is 2.40. The first kappa shape index (κ1) is 27.3. The average molecular weight is 605 g/mol. The number of anilines is 3. The van der Waals surface area contributed by atoms with Crippen molar-refractivity contribution in [2.45, 2.75) is 19.3 Å². The standard InChI is InChI=1S/C43H32N4/c1-43(2)34-21-12-13-22-36(34)46(32-19-10-5-11-20-32)37-25-24-33-41-38(23-14-26-44-41)47(42(33)40(37)43)39-28-31(29-15-6-3-7-16-29)27-35(45-39)30-17-8-4-9-18-30/h3-28H,1-2H3. The molecular weight excluding hydrogens is 573 g/mol. The Bertz CT molecular complexity index is 2370. The molecule has 0 saturated heterocycles. The van der Waals surface area contributed by atoms with E-state index >= 15 is 0 Å². The van der Waals surface area contributed by atoms with Crippen molar-refractivity contribution in [2.75, 3.05) is 4.90 Å². The molecule has 47 heavy (non-hydrogen) atoms. The molecule has 0 fully saturated rings. The van der Waals surface area contributed by atoms with Gasteiger partial charge in [0.25, 0.3) is 0 Å². The zero-order chi connectivity index (χ0) is 31.5. The third-order valence-electron chi connectivity index (χ3n) is 9.58. The van der Waals surface area contributed by atoms with Gasteiger partial charge in [0.1, 0.15) is 5.82 Å². The van der Waals surface area contributed by atoms with Crippen molar-refractivity contribution in [1.82, 2.24) is 14.5 Å². The Hall–Kier alpha value is -6.00. The zero-order valence-electron chi connectivity index (χ0n) is 26.3. The van der Waals surface area contributed by atoms with Crippen LogP contribution in [0.25, 0.3) is 50.1 Å². The van der Waals surface area contributed by atoms with Crippen molar-refractivity contribution in [1.29, 1.82) is 0 Å². The number of para-hydroxylation sites is 2. The van der Waals surface area contributed by atoms with Crippen LogP contribution in [0.1, 0.15) is 25.0 Å². The molecule has 0 saturated carbocycles. The number of rotatable bonds is 4. The monoisotopic (exact) mass is 604 g/mol. The molecular formula is C43H32N4. The Morgan fingerprint density at radius 1 is 0.574 bits per heavy atom. The highest BCUT2D eigenvalue weighted by Crippen LogP contribution is 2.55. The van der Waals surface area contributed by atoms with Crippen molar-refractivity contribution >= 4 is 39.0 Å². The largest absolute Gasteiger partial charge is 0.310 e. The van der Waals surface area contributed by atoms with Crippen LogP contribution in [0, 0.1) is 0 Å². The molecule has 8 aromatic rings. The van der Waals surface area contributed by atoms with Gasteiger partial charge in [-0.05, 0) is 71.3 Å². The number of benzene rings is 5. The Morgan fingerprint density at radius 3 is 2.02 bits per heavy atom. The summed E-state index contributed by atoms with van der Waals surface area (Å²) in [5.74, 6) is 0.868. The molecule has 1 aliphatic rings. The van der Waals surface area contributed by atoms with Gasteiger partial charge >= 0.3 is 0 Å². The van der Waals surface area contributed by atoms with Gasteiger partial charge in [0, 0.05) is 33.8 Å². The molecule has 0 bridgehead atoms. The first-order valence-electron chi connectivity index (χ1n) is 16.1. The molecule has 0 aliphatic carbocycles. The smallest absolute Gasteiger partial charge is 0.138 e. The summed E-state index contributed by atoms with van der Waals surface area (Å²) in [7, 11) is 0. The summed E-state index contributed by atoms with van der Waals surface area (Å²) in [6, 6.07) is 53.7. The quantitative estimate of drug-likeness (QED) is 0.200. The number of hydrogen-bond donors (Lipinski definition) is 0. The minimum Gasteiger partial charge on any atom is -0.310 e. The molecule has 4 heteroatoms. The molecule has 0 spiro atoms. The molecule has 0 amide bonds. The van der Waals surface area contributed by atoms with Crippen LogP contribution in [0.4, 0.5) is 17.1 Å². The number of aromatic nitrogens is 3. The summed E-state index contributed by atoms with van der Waals surface area (Å²) in [4.78, 5) is 12.8. The van der Waals surface area contributed by atoms with Crippen molar-refractivity contribution in [3.8, 4) is 28.2 Å². The van der Waals surface area contributed by atoms with Gasteiger partial charge in [0.2, 0.25) is 0 Å². The topological polar surface area (TPSA) is 34.0 Å². The summed E-state index contributed by atoms with van der Waals surface area (Å²) in [5.41, 5.74) is 13.1. The van der Waals surface area contributed by atoms with Gasteiger partial charge in [-0.2, -0.15) is 0 Å². The van der Waals surface area contributed by atoms with Crippen LogP contribution in [0.2, 0.25) is 0 Å². The molecule has 0 unspecified atom stereocenters. The van der Waals surface area contributed by atoms with E-state index in [0.29, 0.717) is 0 Å². The highest BCUT2D eigenvalue weighted by atomic mass is 15.2. The van der Waals surface area contributed by atoms with Crippen molar-refractivity contribution in [2.24, 2.45) is 0 Å². The maximum absolute atomic E-state index is 5.41. The normalized spacial score (nSPS) is 13.4. The molecule has 0 atom stereocenters. The Morgan fingerprint density at radius 2 is 1.26 bits per heavy atom. The van der Waals surface area contributed by atoms with Crippen molar-refractivity contribution in [3.05, 3.63) is 169 Å². The average Bonchev–Trinajstić information content (AvgIpc) is 3.47. The first-order chi connectivity index (χ1) is 23.1. The molecule has 0 radical (unpaired) electrons. The molecule has 3 aromatic heterocycles. The second kappa shape index (κ2) is 10.5. The van der Waals surface area contributed by atoms with Gasteiger partial charge in [-0.3, -0.25) is 9.55 Å². The summed E-state index contributed by atoms with van der Waals surface area (Å²) < 4.78 is 2.36. The van der Waals surface area contributed by atoms with E-state index in [0.717, 1.165) is 55.8 Å². The summed E-state index contributed by atoms with van der Waals surface area (Å²) in [6.45, 7) is 4.70. The zero-order valence-corrected chi connectivity index (χ0v) is 26.3. The Balaban J connectivity index is 1.42. The van der Waals surface area contributed by atoms with E-state index in [-0.39, 0.29) is 5.41 Å². The van der Waals surface area contributed by atoms with Crippen molar-refractivity contribution in [3.63, 3.8) is 0 Å². The van der Waals surface area contributed by atoms with Crippen LogP contribution < -0.4 is 4.90 Å². The summed E-state index contributed by atoms with van der Waals surface area (Å²) >= 11 is 0. The van der Waals surface area contributed by atoms with E-state index < -0.39 is 0 Å². The summed E-state index contributed by atoms with van der Waals surface area (Å²) in [6.07, 6.45) is 1.89. The predicted octanol–water partition coefficient (Wildman–Crippen LogP) is 11.0. The van der Waals surface area contributed by atoms with Gasteiger partial charge in [-0.1, -0.05) is 111 Å². The van der Waals surface area contributed by atoms with Gasteiger partial charge in [-0.15, -0.1) is 0 Å². The van der Waals surface area contributed by atoms with E-state index in [4.69, 9.17) is 9.97 Å². The number of pyridine rings is 2. The van der Waals surface area contributed by atoms with Gasteiger partial charge in [0.15, 0.2) is 0 Å². The van der Waals surface area contributed by atoms with Crippen LogP contribution in [-0.4, -0.2) is 14.5 Å². The maximum atomic E-state index is 5.41. The fourth-order valence-corrected chi connectivity index (χ4v) is 7.45. The second-order valence-corrected chi connectivity index (χ2v) is 12.7. The molecule has 4 nitrogen and oxygen atoms in total. The summed E-state index contributed by atoms with van der Waals surface area (Å²) in [5, 5.41) is 1.12. The van der Waals surface area contributed by atoms with Crippen LogP contribution in [0.5, 0.6) is 0 Å². The third-order valence-corrected chi connectivity index (χ3v) is 9.58. The number of hydrogen-bond acceptors (Lipinski definition) is 3. The minimum atomic E-state index is -0.317. The van der Waals surface area contributed by atoms with E-state index in [1.54, 1.807) is 0 Å². The van der Waals surface area contributed by atoms with Crippen LogP contribution in [-0.2, 0) is 5.41 Å². The Kier molecular flexibility index (Phi) is 6.12. The lowest BCUT2D eigenvalue weighted by molar-refractivity contribution is 0.635. The highest BCUT2D eigenvalue weighted by molar-refractivity contribution is 6.11. The molecule has 224 valence electrons. The van der Waals surface area contributed by atoms with E-state index in [9.17, 15) is 0 Å². The lowest BCUT2D eigenvalue weighted by Crippen LogP contribution is -2.31. The molecule has 5 aromatic carbocycles. The fourth-order valence-electron chi connectivity index (χ4n) is 7.45. The van der Waals surface area contributed by atoms with E-state index in [1.807, 2.05) is 12.3 Å². The second-order valence-electron chi connectivity index (χ2n) is 12.7. The fraction of sp³-hybridized carbons (Fsp3) is 0.0698. The molecule has 0 N–H and O–H groups in total.